The topological polar surface area (TPSA) is 86.7 Å². The van der Waals surface area contributed by atoms with Crippen molar-refractivity contribution >= 4 is 5.65 Å². The second-order valence-corrected chi connectivity index (χ2v) is 3.43. The highest BCUT2D eigenvalue weighted by molar-refractivity contribution is 5.30. The zero-order chi connectivity index (χ0) is 10.2. The van der Waals surface area contributed by atoms with Crippen molar-refractivity contribution in [2.45, 2.75) is 0 Å². The van der Waals surface area contributed by atoms with E-state index in [0.717, 1.165) is 4.73 Å². The van der Waals surface area contributed by atoms with E-state index in [-0.39, 0.29) is 0 Å². The molecule has 0 fully saturated rings. The Morgan fingerprint density at radius 3 is 2.71 bits per heavy atom. The van der Waals surface area contributed by atoms with Gasteiger partial charge in [-0.1, -0.05) is 6.07 Å². The summed E-state index contributed by atoms with van der Waals surface area (Å²) in [6.45, 7) is 0. The summed E-state index contributed by atoms with van der Waals surface area (Å²) >= 11 is 0. The molecule has 0 aliphatic carbocycles. The van der Waals surface area contributed by atoms with Crippen molar-refractivity contribution in [2.75, 3.05) is 0 Å². The molecule has 0 aromatic carbocycles. The highest BCUT2D eigenvalue weighted by Crippen LogP contribution is 1.96. The van der Waals surface area contributed by atoms with E-state index in [2.05, 4.69) is 4.39 Å². The summed E-state index contributed by atoms with van der Waals surface area (Å²) in [4.78, 5) is 0. The maximum absolute atomic E-state index is 10.3. The van der Waals surface area contributed by atoms with Crippen molar-refractivity contribution < 1.29 is 33.3 Å². The van der Waals surface area contributed by atoms with E-state index in [0.29, 0.717) is 5.65 Å². The fraction of sp³-hybridized carbons (Fsp3) is 0. The molecule has 7 heteroatoms. The lowest BCUT2D eigenvalue weighted by atomic mass is 10.5. The van der Waals surface area contributed by atoms with Gasteiger partial charge in [0.1, 0.15) is 10.6 Å². The highest BCUT2D eigenvalue weighted by Gasteiger charge is 2.27. The molecule has 6 nitrogen and oxygen atoms in total. The van der Waals surface area contributed by atoms with Gasteiger partial charge in [0.25, 0.3) is 0 Å². The Bertz CT molecular complexity index is 450. The van der Waals surface area contributed by atoms with Gasteiger partial charge in [0.15, 0.2) is 16.4 Å². The van der Waals surface area contributed by atoms with E-state index in [1.54, 1.807) is 35.0 Å². The van der Waals surface area contributed by atoms with Crippen LogP contribution in [0.3, 0.4) is 0 Å². The Labute approximate surface area is 80.9 Å². The van der Waals surface area contributed by atoms with Crippen LogP contribution in [0.2, 0.25) is 0 Å². The number of hydrogen-bond donors (Lipinski definition) is 0. The molecule has 2 aromatic heterocycles. The average Bonchev–Trinajstić information content (AvgIpc) is 2.47. The van der Waals surface area contributed by atoms with E-state index >= 15 is 0 Å². The molecule has 0 radical (unpaired) electrons. The average molecular weight is 218 g/mol. The molecule has 0 unspecified atom stereocenters. The van der Waals surface area contributed by atoms with Gasteiger partial charge >= 0.3 is 5.65 Å². The third-order valence-corrected chi connectivity index (χ3v) is 1.93. The Balaban J connectivity index is 2.44. The fourth-order valence-electron chi connectivity index (χ4n) is 1.12. The molecule has 74 valence electrons. The summed E-state index contributed by atoms with van der Waals surface area (Å²) in [5.41, 5.74) is 0.444. The van der Waals surface area contributed by atoms with Crippen LogP contribution in [0.1, 0.15) is 0 Å². The van der Waals surface area contributed by atoms with Crippen LogP contribution in [0, 0.1) is 10.2 Å². The van der Waals surface area contributed by atoms with Crippen LogP contribution in [-0.2, 0) is 0 Å². The molecule has 0 spiro atoms. The first-order valence-corrected chi connectivity index (χ1v) is 4.88. The van der Waals surface area contributed by atoms with Crippen LogP contribution in [0.15, 0.2) is 36.8 Å². The minimum Gasteiger partial charge on any atom is -0.199 e. The number of hydrogen-bond acceptors (Lipinski definition) is 4. The number of imidazole rings is 1. The van der Waals surface area contributed by atoms with Gasteiger partial charge < -0.3 is 0 Å². The zero-order valence-corrected chi connectivity index (χ0v) is 7.63. The van der Waals surface area contributed by atoms with E-state index in [1.165, 1.54) is 6.20 Å². The van der Waals surface area contributed by atoms with Gasteiger partial charge in [-0.2, -0.15) is 18.4 Å². The van der Waals surface area contributed by atoms with Crippen LogP contribution in [-0.4, -0.2) is 4.40 Å². The molecule has 0 saturated carbocycles. The lowest BCUT2D eigenvalue weighted by Gasteiger charge is -2.06. The predicted octanol–water partition coefficient (Wildman–Crippen LogP) is -3.45. The summed E-state index contributed by atoms with van der Waals surface area (Å²) in [7, 11) is -4.47. The number of rotatable bonds is 2. The number of fused-ring (bicyclic) bond motifs is 1. The number of pyridine rings is 1. The van der Waals surface area contributed by atoms with Crippen molar-refractivity contribution in [3.8, 4) is 0 Å². The molecule has 2 aromatic rings. The van der Waals surface area contributed by atoms with Crippen LogP contribution >= 0.6 is 0 Å². The van der Waals surface area contributed by atoms with Crippen molar-refractivity contribution in [2.24, 2.45) is 0 Å². The SMILES string of the molecule is [O-][Cl+3]([O-])([O-])O[n+]1ccn2ccccc21. The van der Waals surface area contributed by atoms with Gasteiger partial charge in [0.05, 0.1) is 10.9 Å². The van der Waals surface area contributed by atoms with E-state index in [9.17, 15) is 14.0 Å². The lowest BCUT2D eigenvalue weighted by Crippen LogP contribution is -2.71. The van der Waals surface area contributed by atoms with Gasteiger partial charge in [0.2, 0.25) is 0 Å². The molecule has 0 aliphatic heterocycles. The first kappa shape index (κ1) is 9.22. The zero-order valence-electron chi connectivity index (χ0n) is 6.87. The maximum Gasteiger partial charge on any atom is 0.341 e. The van der Waals surface area contributed by atoms with Crippen molar-refractivity contribution in [3.05, 3.63) is 36.8 Å². The second kappa shape index (κ2) is 3.10. The molecular weight excluding hydrogens is 212 g/mol. The summed E-state index contributed by atoms with van der Waals surface area (Å²) in [5.74, 6) is 0. The largest absolute Gasteiger partial charge is 0.341 e. The number of halogens is 1. The standard InChI is InChI=1S/C7H6ClN2O4/c11-8(12,13)14-10-6-5-9-4-2-1-3-7(9)10/h1-6H/q+1. The summed E-state index contributed by atoms with van der Waals surface area (Å²) in [6, 6.07) is 5.07. The predicted molar refractivity (Wildman–Crippen MR) is 34.2 cm³/mol. The molecule has 0 aliphatic rings. The van der Waals surface area contributed by atoms with E-state index in [1.807, 2.05) is 0 Å². The maximum atomic E-state index is 10.3. The molecule has 2 rings (SSSR count). The summed E-state index contributed by atoms with van der Waals surface area (Å²) in [5, 5.41) is 0. The quantitative estimate of drug-likeness (QED) is 0.490. The minimum atomic E-state index is -4.47. The normalized spacial score (nSPS) is 11.9. The van der Waals surface area contributed by atoms with Crippen molar-refractivity contribution in [1.29, 1.82) is 0 Å². The van der Waals surface area contributed by atoms with Gasteiger partial charge in [0, 0.05) is 6.07 Å². The van der Waals surface area contributed by atoms with Gasteiger partial charge in [-0.3, -0.25) is 0 Å². The molecule has 0 N–H and O–H groups in total. The molecule has 2 heterocycles. The molecule has 0 saturated heterocycles. The van der Waals surface area contributed by atoms with Gasteiger partial charge in [-0.15, -0.1) is 0 Å². The monoisotopic (exact) mass is 217 g/mol. The van der Waals surface area contributed by atoms with E-state index < -0.39 is 10.2 Å². The van der Waals surface area contributed by atoms with Crippen LogP contribution < -0.4 is 23.1 Å². The van der Waals surface area contributed by atoms with Crippen LogP contribution in [0.4, 0.5) is 0 Å². The third-order valence-electron chi connectivity index (χ3n) is 1.61. The van der Waals surface area contributed by atoms with Gasteiger partial charge in [-0.25, -0.2) is 0 Å². The van der Waals surface area contributed by atoms with Crippen LogP contribution in [0.5, 0.6) is 0 Å². The Kier molecular flexibility index (Phi) is 2.05. The van der Waals surface area contributed by atoms with Gasteiger partial charge in [-0.05, 0) is 6.07 Å². The highest BCUT2D eigenvalue weighted by atomic mass is 35.7. The van der Waals surface area contributed by atoms with Crippen molar-refractivity contribution in [1.82, 2.24) is 4.40 Å². The molecule has 0 amide bonds. The van der Waals surface area contributed by atoms with Crippen LogP contribution in [0.25, 0.3) is 5.65 Å². The minimum absolute atomic E-state index is 0.444. The lowest BCUT2D eigenvalue weighted by molar-refractivity contribution is -1.94. The smallest absolute Gasteiger partial charge is 0.199 e. The van der Waals surface area contributed by atoms with E-state index in [4.69, 9.17) is 0 Å². The third kappa shape index (κ3) is 1.78. The molecular formula is C7H6ClN2O4+. The summed E-state index contributed by atoms with van der Waals surface area (Å²) in [6.07, 6.45) is 4.59. The molecule has 0 bridgehead atoms. The summed E-state index contributed by atoms with van der Waals surface area (Å²) < 4.78 is 37.6. The number of aromatic nitrogens is 2. The van der Waals surface area contributed by atoms with Crippen molar-refractivity contribution in [3.63, 3.8) is 0 Å². The molecule has 14 heavy (non-hydrogen) atoms. The fourth-order valence-corrected chi connectivity index (χ4v) is 1.42. The number of nitrogens with zero attached hydrogens (tertiary/aromatic N) is 2. The first-order valence-electron chi connectivity index (χ1n) is 3.64. The molecule has 0 atom stereocenters. The Morgan fingerprint density at radius 1 is 1.21 bits per heavy atom. The Morgan fingerprint density at radius 2 is 2.00 bits per heavy atom. The first-order chi connectivity index (χ1) is 6.56. The Hall–Kier alpha value is -1.34. The second-order valence-electron chi connectivity index (χ2n) is 2.54.